The summed E-state index contributed by atoms with van der Waals surface area (Å²) in [6.07, 6.45) is 1.26. The molecule has 2 aromatic carbocycles. The van der Waals surface area contributed by atoms with Crippen molar-refractivity contribution >= 4 is 44.4 Å². The van der Waals surface area contributed by atoms with Gasteiger partial charge in [0.15, 0.2) is 16.6 Å². The van der Waals surface area contributed by atoms with E-state index in [1.54, 1.807) is 18.9 Å². The number of rotatable bonds is 7. The maximum atomic E-state index is 12.2. The first kappa shape index (κ1) is 18.9. The van der Waals surface area contributed by atoms with Crippen LogP contribution in [0.5, 0.6) is 17.2 Å². The van der Waals surface area contributed by atoms with E-state index in [0.29, 0.717) is 30.5 Å². The van der Waals surface area contributed by atoms with Crippen molar-refractivity contribution in [2.24, 2.45) is 0 Å². The van der Waals surface area contributed by atoms with Gasteiger partial charge in [-0.15, -0.1) is 11.8 Å². The van der Waals surface area contributed by atoms with Crippen molar-refractivity contribution in [1.29, 1.82) is 0 Å². The van der Waals surface area contributed by atoms with E-state index >= 15 is 0 Å². The molecule has 1 N–H and O–H groups in total. The predicted octanol–water partition coefficient (Wildman–Crippen LogP) is 4.59. The van der Waals surface area contributed by atoms with Gasteiger partial charge in [0, 0.05) is 23.4 Å². The molecule has 0 saturated heterocycles. The first-order valence-electron chi connectivity index (χ1n) is 8.98. The van der Waals surface area contributed by atoms with Gasteiger partial charge in [-0.25, -0.2) is 4.98 Å². The van der Waals surface area contributed by atoms with Crippen molar-refractivity contribution in [1.82, 2.24) is 4.98 Å². The zero-order chi connectivity index (χ0) is 19.3. The summed E-state index contributed by atoms with van der Waals surface area (Å²) in [5.41, 5.74) is 0.805. The van der Waals surface area contributed by atoms with Gasteiger partial charge in [-0.1, -0.05) is 11.3 Å². The molecule has 1 aliphatic rings. The first-order chi connectivity index (χ1) is 13.7. The summed E-state index contributed by atoms with van der Waals surface area (Å²) >= 11 is 3.17. The van der Waals surface area contributed by atoms with Crippen LogP contribution in [-0.2, 0) is 4.79 Å². The number of carbonyl (C=O) groups is 1. The number of hydrogen-bond donors (Lipinski definition) is 1. The number of thioether (sulfide) groups is 1. The van der Waals surface area contributed by atoms with Crippen LogP contribution in [0.4, 0.5) is 5.13 Å². The molecule has 0 fully saturated rings. The lowest BCUT2D eigenvalue weighted by atomic mass is 10.3. The van der Waals surface area contributed by atoms with E-state index in [1.807, 2.05) is 36.4 Å². The number of methoxy groups -OCH3 is 1. The number of benzene rings is 2. The van der Waals surface area contributed by atoms with Crippen LogP contribution in [0.1, 0.15) is 12.8 Å². The summed E-state index contributed by atoms with van der Waals surface area (Å²) in [5.74, 6) is 3.14. The van der Waals surface area contributed by atoms with E-state index in [4.69, 9.17) is 14.2 Å². The zero-order valence-corrected chi connectivity index (χ0v) is 17.0. The monoisotopic (exact) mass is 416 g/mol. The Morgan fingerprint density at radius 3 is 2.71 bits per heavy atom. The zero-order valence-electron chi connectivity index (χ0n) is 15.4. The second-order valence-corrected chi connectivity index (χ2v) is 8.36. The fourth-order valence-corrected chi connectivity index (χ4v) is 4.54. The molecular formula is C20H20N2O4S2. The molecule has 4 rings (SSSR count). The molecule has 0 atom stereocenters. The van der Waals surface area contributed by atoms with Crippen LogP contribution >= 0.6 is 23.1 Å². The number of aromatic nitrogens is 1. The van der Waals surface area contributed by atoms with E-state index in [0.717, 1.165) is 33.9 Å². The fourth-order valence-electron chi connectivity index (χ4n) is 2.79. The number of thiazole rings is 1. The number of hydrogen-bond acceptors (Lipinski definition) is 7. The van der Waals surface area contributed by atoms with Crippen molar-refractivity contribution in [3.05, 3.63) is 36.4 Å². The Kier molecular flexibility index (Phi) is 5.87. The molecule has 1 amide bonds. The molecular weight excluding hydrogens is 396 g/mol. The maximum absolute atomic E-state index is 12.2. The van der Waals surface area contributed by atoms with E-state index in [-0.39, 0.29) is 5.91 Å². The number of nitrogens with one attached hydrogen (secondary N) is 1. The predicted molar refractivity (Wildman–Crippen MR) is 112 cm³/mol. The largest absolute Gasteiger partial charge is 0.497 e. The highest BCUT2D eigenvalue weighted by Gasteiger charge is 2.16. The van der Waals surface area contributed by atoms with Gasteiger partial charge in [-0.2, -0.15) is 0 Å². The molecule has 0 unspecified atom stereocenters. The lowest BCUT2D eigenvalue weighted by Gasteiger charge is -2.17. The Morgan fingerprint density at radius 2 is 1.96 bits per heavy atom. The molecule has 1 aromatic heterocycles. The summed E-state index contributed by atoms with van der Waals surface area (Å²) in [6, 6.07) is 11.7. The molecule has 0 aliphatic carbocycles. The maximum Gasteiger partial charge on any atom is 0.226 e. The van der Waals surface area contributed by atoms with Crippen LogP contribution in [0.3, 0.4) is 0 Å². The molecule has 28 heavy (non-hydrogen) atoms. The molecule has 146 valence electrons. The van der Waals surface area contributed by atoms with Crippen LogP contribution in [0.2, 0.25) is 0 Å². The van der Waals surface area contributed by atoms with Crippen LogP contribution in [0.25, 0.3) is 10.2 Å². The van der Waals surface area contributed by atoms with Crippen molar-refractivity contribution in [2.45, 2.75) is 17.7 Å². The Balaban J connectivity index is 1.27. The summed E-state index contributed by atoms with van der Waals surface area (Å²) in [5, 5.41) is 3.50. The van der Waals surface area contributed by atoms with Crippen molar-refractivity contribution < 1.29 is 19.0 Å². The van der Waals surface area contributed by atoms with Gasteiger partial charge >= 0.3 is 0 Å². The number of nitrogens with zero attached hydrogens (tertiary/aromatic N) is 1. The lowest BCUT2D eigenvalue weighted by molar-refractivity contribution is -0.116. The minimum Gasteiger partial charge on any atom is -0.497 e. The summed E-state index contributed by atoms with van der Waals surface area (Å²) in [6.45, 7) is 1.09. The van der Waals surface area contributed by atoms with Crippen LogP contribution in [-0.4, -0.2) is 37.0 Å². The standard InChI is InChI=1S/C20H20N2O4S2/c1-24-13-4-6-14(7-5-13)27-10-2-3-19(23)22-20-21-15-11-16-17(12-18(15)28-20)26-9-8-25-16/h4-7,11-12H,2-3,8-10H2,1H3,(H,21,22,23). The van der Waals surface area contributed by atoms with Gasteiger partial charge in [-0.3, -0.25) is 4.79 Å². The minimum absolute atomic E-state index is 0.0216. The third-order valence-electron chi connectivity index (χ3n) is 4.18. The van der Waals surface area contributed by atoms with Gasteiger partial charge in [0.05, 0.1) is 17.3 Å². The molecule has 6 nitrogen and oxygen atoms in total. The fraction of sp³-hybridized carbons (Fsp3) is 0.300. The van der Waals surface area contributed by atoms with Crippen molar-refractivity contribution in [3.8, 4) is 17.2 Å². The highest BCUT2D eigenvalue weighted by Crippen LogP contribution is 2.37. The van der Waals surface area contributed by atoms with Gasteiger partial charge < -0.3 is 19.5 Å². The Hall–Kier alpha value is -2.45. The van der Waals surface area contributed by atoms with Crippen molar-refractivity contribution in [3.63, 3.8) is 0 Å². The van der Waals surface area contributed by atoms with E-state index in [9.17, 15) is 4.79 Å². The van der Waals surface area contributed by atoms with Crippen molar-refractivity contribution in [2.75, 3.05) is 31.4 Å². The Bertz CT molecular complexity index is 929. The molecule has 0 spiro atoms. The molecule has 0 bridgehead atoms. The van der Waals surface area contributed by atoms with Crippen LogP contribution in [0.15, 0.2) is 41.3 Å². The Morgan fingerprint density at radius 1 is 1.21 bits per heavy atom. The smallest absolute Gasteiger partial charge is 0.226 e. The number of amides is 1. The highest BCUT2D eigenvalue weighted by atomic mass is 32.2. The van der Waals surface area contributed by atoms with E-state index < -0.39 is 0 Å². The molecule has 3 aromatic rings. The second-order valence-electron chi connectivity index (χ2n) is 6.16. The summed E-state index contributed by atoms with van der Waals surface area (Å²) < 4.78 is 17.3. The van der Waals surface area contributed by atoms with E-state index in [2.05, 4.69) is 10.3 Å². The minimum atomic E-state index is -0.0216. The van der Waals surface area contributed by atoms with Crippen LogP contribution in [0, 0.1) is 0 Å². The quantitative estimate of drug-likeness (QED) is 0.449. The van der Waals surface area contributed by atoms with Crippen LogP contribution < -0.4 is 19.5 Å². The van der Waals surface area contributed by atoms with E-state index in [1.165, 1.54) is 16.2 Å². The second kappa shape index (κ2) is 8.70. The van der Waals surface area contributed by atoms with Gasteiger partial charge in [0.25, 0.3) is 0 Å². The summed E-state index contributed by atoms with van der Waals surface area (Å²) in [4.78, 5) is 17.9. The topological polar surface area (TPSA) is 69.7 Å². The molecule has 0 saturated carbocycles. The van der Waals surface area contributed by atoms with Gasteiger partial charge in [0.2, 0.25) is 5.91 Å². The number of carbonyl (C=O) groups excluding carboxylic acids is 1. The average molecular weight is 417 g/mol. The average Bonchev–Trinajstić information content (AvgIpc) is 3.10. The third kappa shape index (κ3) is 4.51. The summed E-state index contributed by atoms with van der Waals surface area (Å²) in [7, 11) is 1.65. The highest BCUT2D eigenvalue weighted by molar-refractivity contribution is 7.99. The molecule has 0 radical (unpaired) electrons. The number of ether oxygens (including phenoxy) is 3. The molecule has 1 aliphatic heterocycles. The normalized spacial score (nSPS) is 12.8. The molecule has 2 heterocycles. The van der Waals surface area contributed by atoms with Gasteiger partial charge in [0.1, 0.15) is 19.0 Å². The number of anilines is 1. The number of fused-ring (bicyclic) bond motifs is 2. The Labute approximate surface area is 171 Å². The van der Waals surface area contributed by atoms with Gasteiger partial charge in [-0.05, 0) is 36.4 Å². The lowest BCUT2D eigenvalue weighted by Crippen LogP contribution is -2.15. The molecule has 8 heteroatoms. The third-order valence-corrected chi connectivity index (χ3v) is 6.21. The SMILES string of the molecule is COc1ccc(SCCCC(=O)Nc2nc3cc4c(cc3s2)OCCO4)cc1. The first-order valence-corrected chi connectivity index (χ1v) is 10.8.